The van der Waals surface area contributed by atoms with Crippen molar-refractivity contribution in [3.05, 3.63) is 82.5 Å². The Morgan fingerprint density at radius 3 is 2.46 bits per heavy atom. The van der Waals surface area contributed by atoms with E-state index in [1.165, 1.54) is 0 Å². The first kappa shape index (κ1) is 18.9. The van der Waals surface area contributed by atoms with Crippen molar-refractivity contribution < 1.29 is 0 Å². The van der Waals surface area contributed by atoms with Crippen LogP contribution in [0.4, 0.5) is 11.5 Å². The standard InChI is InChI=1S/C22H20Cl2N4/c1-3-9-27-13-20-15(2)25-21(16-7-5-4-6-8-16)26-22(20)28(14-27)19-11-17(23)10-18(24)12-19/h3-8,10-12H,1,9,13-14H2,2H3. The molecule has 0 spiro atoms. The van der Waals surface area contributed by atoms with E-state index in [0.717, 1.165) is 41.4 Å². The van der Waals surface area contributed by atoms with Crippen molar-refractivity contribution in [2.24, 2.45) is 0 Å². The van der Waals surface area contributed by atoms with Gasteiger partial charge in [-0.1, -0.05) is 59.6 Å². The molecule has 4 rings (SSSR count). The number of aromatic nitrogens is 2. The number of nitrogens with zero attached hydrogens (tertiary/aromatic N) is 4. The largest absolute Gasteiger partial charge is 0.312 e. The van der Waals surface area contributed by atoms with Gasteiger partial charge in [0.05, 0.1) is 6.67 Å². The van der Waals surface area contributed by atoms with Crippen LogP contribution in [0.15, 0.2) is 61.2 Å². The molecule has 4 nitrogen and oxygen atoms in total. The molecule has 0 atom stereocenters. The molecule has 0 saturated heterocycles. The Balaban J connectivity index is 1.87. The number of hydrogen-bond acceptors (Lipinski definition) is 4. The Bertz CT molecular complexity index is 1000. The topological polar surface area (TPSA) is 32.3 Å². The van der Waals surface area contributed by atoms with Gasteiger partial charge in [0.2, 0.25) is 0 Å². The lowest BCUT2D eigenvalue weighted by molar-refractivity contribution is 0.287. The van der Waals surface area contributed by atoms with E-state index >= 15 is 0 Å². The smallest absolute Gasteiger partial charge is 0.161 e. The predicted molar refractivity (Wildman–Crippen MR) is 116 cm³/mol. The summed E-state index contributed by atoms with van der Waals surface area (Å²) in [6.45, 7) is 8.12. The molecule has 0 amide bonds. The summed E-state index contributed by atoms with van der Waals surface area (Å²) in [7, 11) is 0. The minimum absolute atomic E-state index is 0.596. The molecule has 0 aliphatic carbocycles. The van der Waals surface area contributed by atoms with Gasteiger partial charge in [-0.15, -0.1) is 6.58 Å². The third-order valence-electron chi connectivity index (χ3n) is 4.75. The fourth-order valence-electron chi connectivity index (χ4n) is 3.45. The number of benzene rings is 2. The van der Waals surface area contributed by atoms with Crippen LogP contribution in [0.3, 0.4) is 0 Å². The first-order chi connectivity index (χ1) is 13.5. The van der Waals surface area contributed by atoms with Crippen molar-refractivity contribution in [3.63, 3.8) is 0 Å². The van der Waals surface area contributed by atoms with Crippen LogP contribution in [-0.4, -0.2) is 28.1 Å². The summed E-state index contributed by atoms with van der Waals surface area (Å²) in [4.78, 5) is 14.1. The lowest BCUT2D eigenvalue weighted by atomic mass is 10.1. The molecule has 2 heterocycles. The number of rotatable bonds is 4. The van der Waals surface area contributed by atoms with Gasteiger partial charge in [-0.3, -0.25) is 4.90 Å². The molecule has 1 aromatic heterocycles. The molecule has 0 radical (unpaired) electrons. The van der Waals surface area contributed by atoms with Crippen LogP contribution in [-0.2, 0) is 6.54 Å². The molecule has 0 fully saturated rings. The second kappa shape index (κ2) is 7.92. The highest BCUT2D eigenvalue weighted by Crippen LogP contribution is 2.37. The maximum Gasteiger partial charge on any atom is 0.161 e. The maximum absolute atomic E-state index is 6.28. The van der Waals surface area contributed by atoms with Crippen LogP contribution in [0.5, 0.6) is 0 Å². The summed E-state index contributed by atoms with van der Waals surface area (Å²) in [5.74, 6) is 1.61. The van der Waals surface area contributed by atoms with Crippen LogP contribution < -0.4 is 4.90 Å². The van der Waals surface area contributed by atoms with Crippen molar-refractivity contribution in [1.82, 2.24) is 14.9 Å². The van der Waals surface area contributed by atoms with E-state index < -0.39 is 0 Å². The normalized spacial score (nSPS) is 14.0. The highest BCUT2D eigenvalue weighted by Gasteiger charge is 2.27. The van der Waals surface area contributed by atoms with Gasteiger partial charge in [0.1, 0.15) is 5.82 Å². The first-order valence-corrected chi connectivity index (χ1v) is 9.80. The Labute approximate surface area is 175 Å². The van der Waals surface area contributed by atoms with Crippen LogP contribution in [0.25, 0.3) is 11.4 Å². The molecular formula is C22H20Cl2N4. The molecule has 0 unspecified atom stereocenters. The number of halogens is 2. The summed E-state index contributed by atoms with van der Waals surface area (Å²) in [5, 5.41) is 1.19. The van der Waals surface area contributed by atoms with Crippen molar-refractivity contribution in [1.29, 1.82) is 0 Å². The van der Waals surface area contributed by atoms with Gasteiger partial charge < -0.3 is 4.90 Å². The lowest BCUT2D eigenvalue weighted by Gasteiger charge is -2.37. The van der Waals surface area contributed by atoms with Crippen molar-refractivity contribution in [3.8, 4) is 11.4 Å². The molecule has 28 heavy (non-hydrogen) atoms. The average molecular weight is 411 g/mol. The van der Waals surface area contributed by atoms with Crippen molar-refractivity contribution >= 4 is 34.7 Å². The average Bonchev–Trinajstić information content (AvgIpc) is 2.68. The number of aryl methyl sites for hydroxylation is 1. The SMILES string of the molecule is C=CCN1Cc2c(C)nc(-c3ccccc3)nc2N(c2cc(Cl)cc(Cl)c2)C1. The molecule has 142 valence electrons. The van der Waals surface area contributed by atoms with Crippen LogP contribution in [0.1, 0.15) is 11.3 Å². The van der Waals surface area contributed by atoms with Crippen LogP contribution >= 0.6 is 23.2 Å². The van der Waals surface area contributed by atoms with Crippen molar-refractivity contribution in [2.75, 3.05) is 18.1 Å². The van der Waals surface area contributed by atoms with Gasteiger partial charge in [-0.05, 0) is 25.1 Å². The lowest BCUT2D eigenvalue weighted by Crippen LogP contribution is -2.41. The third kappa shape index (κ3) is 3.76. The summed E-state index contributed by atoms with van der Waals surface area (Å²) in [6, 6.07) is 15.6. The van der Waals surface area contributed by atoms with Gasteiger partial charge in [-0.25, -0.2) is 9.97 Å². The van der Waals surface area contributed by atoms with E-state index in [2.05, 4.69) is 16.4 Å². The number of fused-ring (bicyclic) bond motifs is 1. The third-order valence-corrected chi connectivity index (χ3v) is 5.19. The number of anilines is 2. The minimum Gasteiger partial charge on any atom is -0.312 e. The monoisotopic (exact) mass is 410 g/mol. The molecule has 1 aliphatic rings. The Morgan fingerprint density at radius 2 is 1.79 bits per heavy atom. The molecule has 3 aromatic rings. The molecule has 0 saturated carbocycles. The van der Waals surface area contributed by atoms with E-state index in [1.807, 2.05) is 55.5 Å². The highest BCUT2D eigenvalue weighted by atomic mass is 35.5. The quantitative estimate of drug-likeness (QED) is 0.504. The second-order valence-electron chi connectivity index (χ2n) is 6.80. The van der Waals surface area contributed by atoms with Gasteiger partial charge in [0, 0.05) is 45.6 Å². The fraction of sp³-hybridized carbons (Fsp3) is 0.182. The summed E-state index contributed by atoms with van der Waals surface area (Å²) >= 11 is 12.6. The predicted octanol–water partition coefficient (Wildman–Crippen LogP) is 5.86. The second-order valence-corrected chi connectivity index (χ2v) is 7.67. The van der Waals surface area contributed by atoms with E-state index in [4.69, 9.17) is 33.2 Å². The number of hydrogen-bond donors (Lipinski definition) is 0. The van der Waals surface area contributed by atoms with Crippen LogP contribution in [0, 0.1) is 6.92 Å². The summed E-state index contributed by atoms with van der Waals surface area (Å²) in [5.41, 5.74) is 3.97. The van der Waals surface area contributed by atoms with Gasteiger partial charge in [-0.2, -0.15) is 0 Å². The molecule has 0 N–H and O–H groups in total. The fourth-order valence-corrected chi connectivity index (χ4v) is 3.96. The van der Waals surface area contributed by atoms with Gasteiger partial charge >= 0.3 is 0 Å². The maximum atomic E-state index is 6.28. The Hall–Kier alpha value is -2.40. The zero-order chi connectivity index (χ0) is 19.7. The Morgan fingerprint density at radius 1 is 1.07 bits per heavy atom. The minimum atomic E-state index is 0.596. The van der Waals surface area contributed by atoms with E-state index in [1.54, 1.807) is 6.07 Å². The highest BCUT2D eigenvalue weighted by molar-refractivity contribution is 6.35. The first-order valence-electron chi connectivity index (χ1n) is 9.05. The van der Waals surface area contributed by atoms with E-state index in [9.17, 15) is 0 Å². The molecule has 6 heteroatoms. The zero-order valence-electron chi connectivity index (χ0n) is 15.6. The van der Waals surface area contributed by atoms with E-state index in [0.29, 0.717) is 22.5 Å². The van der Waals surface area contributed by atoms with Gasteiger partial charge in [0.25, 0.3) is 0 Å². The van der Waals surface area contributed by atoms with Gasteiger partial charge in [0.15, 0.2) is 5.82 Å². The molecule has 1 aliphatic heterocycles. The van der Waals surface area contributed by atoms with E-state index in [-0.39, 0.29) is 0 Å². The summed E-state index contributed by atoms with van der Waals surface area (Å²) in [6.07, 6.45) is 1.91. The molecule has 0 bridgehead atoms. The zero-order valence-corrected chi connectivity index (χ0v) is 17.1. The Kier molecular flexibility index (Phi) is 5.36. The van der Waals surface area contributed by atoms with Crippen LogP contribution in [0.2, 0.25) is 10.0 Å². The molecule has 2 aromatic carbocycles. The van der Waals surface area contributed by atoms with Crippen molar-refractivity contribution in [2.45, 2.75) is 13.5 Å². The molecular weight excluding hydrogens is 391 g/mol. The summed E-state index contributed by atoms with van der Waals surface area (Å²) < 4.78 is 0.